The summed E-state index contributed by atoms with van der Waals surface area (Å²) in [4.78, 5) is 27.5. The Bertz CT molecular complexity index is 985. The van der Waals surface area contributed by atoms with Gasteiger partial charge in [-0.15, -0.1) is 0 Å². The zero-order valence-corrected chi connectivity index (χ0v) is 18.1. The third kappa shape index (κ3) is 4.01. The van der Waals surface area contributed by atoms with E-state index in [4.69, 9.17) is 9.47 Å². The second-order valence-electron chi connectivity index (χ2n) is 9.26. The van der Waals surface area contributed by atoms with E-state index in [-0.39, 0.29) is 24.0 Å². The quantitative estimate of drug-likeness (QED) is 0.563. The molecule has 30 heavy (non-hydrogen) atoms. The summed E-state index contributed by atoms with van der Waals surface area (Å²) < 4.78 is 12.4. The van der Waals surface area contributed by atoms with Crippen molar-refractivity contribution in [3.8, 4) is 0 Å². The number of rotatable bonds is 4. The zero-order chi connectivity index (χ0) is 21.5. The van der Waals surface area contributed by atoms with E-state index in [0.29, 0.717) is 12.3 Å². The maximum atomic E-state index is 13.0. The fourth-order valence-corrected chi connectivity index (χ4v) is 4.69. The number of esters is 1. The van der Waals surface area contributed by atoms with Crippen LogP contribution >= 0.6 is 0 Å². The number of fused-ring (bicyclic) bond motifs is 3. The molecule has 0 N–H and O–H groups in total. The minimum absolute atomic E-state index is 0.0572. The number of carbonyl (C=O) groups is 2. The van der Waals surface area contributed by atoms with Gasteiger partial charge in [-0.3, -0.25) is 9.69 Å². The average molecular weight is 411 g/mol. The molecule has 3 aliphatic rings. The van der Waals surface area contributed by atoms with E-state index < -0.39 is 5.60 Å². The first-order valence-electron chi connectivity index (χ1n) is 10.6. The van der Waals surface area contributed by atoms with Crippen LogP contribution in [0.3, 0.4) is 0 Å². The Morgan fingerprint density at radius 2 is 1.93 bits per heavy atom. The predicted octanol–water partition coefficient (Wildman–Crippen LogP) is 4.02. The van der Waals surface area contributed by atoms with Crippen molar-refractivity contribution in [1.29, 1.82) is 0 Å². The van der Waals surface area contributed by atoms with Gasteiger partial charge in [0.05, 0.1) is 18.5 Å². The molecule has 6 nitrogen and oxygen atoms in total. The summed E-state index contributed by atoms with van der Waals surface area (Å²) >= 11 is 0. The van der Waals surface area contributed by atoms with Crippen LogP contribution in [0.15, 0.2) is 42.5 Å². The summed E-state index contributed by atoms with van der Waals surface area (Å²) in [6, 6.07) is 9.99. The normalized spacial score (nSPS) is 23.7. The molecule has 2 bridgehead atoms. The van der Waals surface area contributed by atoms with Crippen LogP contribution in [-0.4, -0.2) is 53.4 Å². The molecule has 0 saturated carbocycles. The van der Waals surface area contributed by atoms with Crippen LogP contribution in [-0.2, 0) is 20.7 Å². The summed E-state index contributed by atoms with van der Waals surface area (Å²) in [5.41, 5.74) is 1.21. The smallest absolute Gasteiger partial charge is 0.419 e. The highest BCUT2D eigenvalue weighted by atomic mass is 16.6. The molecule has 1 aromatic heterocycles. The standard InChI is InChI=1S/C24H30N2O4/c1-24(2,3)30-23(28)26-18(14-17-7-5-6-8-20(17)26)11-12-25-15-16-9-10-21(25)19(13-16)22(27)29-4/h5-10,14,16,19,21H,11-13,15H2,1-4H3/t16-,19+,21+/m0/s1. The fraction of sp³-hybridized carbons (Fsp3) is 0.500. The van der Waals surface area contributed by atoms with Crippen molar-refractivity contribution in [2.75, 3.05) is 20.2 Å². The van der Waals surface area contributed by atoms with Gasteiger partial charge < -0.3 is 9.47 Å². The van der Waals surface area contributed by atoms with Crippen molar-refractivity contribution in [2.24, 2.45) is 11.8 Å². The van der Waals surface area contributed by atoms with Gasteiger partial charge in [0.1, 0.15) is 5.60 Å². The van der Waals surface area contributed by atoms with Crippen molar-refractivity contribution in [3.63, 3.8) is 0 Å². The first-order valence-corrected chi connectivity index (χ1v) is 10.6. The number of benzene rings is 1. The maximum Gasteiger partial charge on any atom is 0.419 e. The number of ether oxygens (including phenoxy) is 2. The van der Waals surface area contributed by atoms with E-state index in [1.54, 1.807) is 4.57 Å². The van der Waals surface area contributed by atoms with E-state index in [9.17, 15) is 9.59 Å². The third-order valence-electron chi connectivity index (χ3n) is 5.96. The Hall–Kier alpha value is -2.60. The Balaban J connectivity index is 1.57. The van der Waals surface area contributed by atoms with Gasteiger partial charge in [0.15, 0.2) is 0 Å². The monoisotopic (exact) mass is 410 g/mol. The number of hydrogen-bond acceptors (Lipinski definition) is 5. The summed E-state index contributed by atoms with van der Waals surface area (Å²) in [6.45, 7) is 7.32. The molecular formula is C24H30N2O4. The van der Waals surface area contributed by atoms with Crippen molar-refractivity contribution >= 4 is 23.0 Å². The topological polar surface area (TPSA) is 60.8 Å². The summed E-state index contributed by atoms with van der Waals surface area (Å²) in [5, 5.41) is 1.02. The molecule has 1 fully saturated rings. The highest BCUT2D eigenvalue weighted by Gasteiger charge is 2.41. The van der Waals surface area contributed by atoms with Crippen LogP contribution in [0.5, 0.6) is 0 Å². The Morgan fingerprint density at radius 3 is 2.63 bits per heavy atom. The van der Waals surface area contributed by atoms with Crippen molar-refractivity contribution in [2.45, 2.75) is 45.3 Å². The van der Waals surface area contributed by atoms with Crippen molar-refractivity contribution in [1.82, 2.24) is 9.47 Å². The van der Waals surface area contributed by atoms with Gasteiger partial charge in [0.25, 0.3) is 0 Å². The zero-order valence-electron chi connectivity index (χ0n) is 18.1. The Morgan fingerprint density at radius 1 is 1.17 bits per heavy atom. The van der Waals surface area contributed by atoms with Gasteiger partial charge in [-0.05, 0) is 45.2 Å². The van der Waals surface area contributed by atoms with Gasteiger partial charge in [0.2, 0.25) is 0 Å². The molecule has 2 aliphatic heterocycles. The molecule has 3 atom stereocenters. The lowest BCUT2D eigenvalue weighted by Crippen LogP contribution is -2.53. The van der Waals surface area contributed by atoms with Gasteiger partial charge in [-0.25, -0.2) is 9.36 Å². The molecule has 1 aromatic carbocycles. The largest absolute Gasteiger partial charge is 0.469 e. The van der Waals surface area contributed by atoms with E-state index in [1.165, 1.54) is 7.11 Å². The number of piperidine rings is 1. The number of nitrogens with zero attached hydrogens (tertiary/aromatic N) is 2. The molecule has 3 heterocycles. The summed E-state index contributed by atoms with van der Waals surface area (Å²) in [7, 11) is 1.46. The molecule has 160 valence electrons. The lowest BCUT2D eigenvalue weighted by molar-refractivity contribution is -0.150. The number of aromatic nitrogens is 1. The van der Waals surface area contributed by atoms with Gasteiger partial charge in [-0.2, -0.15) is 0 Å². The molecule has 0 amide bonds. The van der Waals surface area contributed by atoms with Crippen molar-refractivity contribution < 1.29 is 19.1 Å². The van der Waals surface area contributed by atoms with Crippen LogP contribution in [0.4, 0.5) is 4.79 Å². The SMILES string of the molecule is COC(=O)[C@@H]1C[C@@H]2C=C[C@H]1N(CCc1cc3ccccc3n1C(=O)OC(C)(C)C)C2. The molecule has 6 heteroatoms. The van der Waals surface area contributed by atoms with Crippen LogP contribution in [0, 0.1) is 11.8 Å². The molecular weight excluding hydrogens is 380 g/mol. The summed E-state index contributed by atoms with van der Waals surface area (Å²) in [6.07, 6.45) is 5.55. The molecule has 1 saturated heterocycles. The Kier molecular flexibility index (Phi) is 5.45. The van der Waals surface area contributed by atoms with Crippen molar-refractivity contribution in [3.05, 3.63) is 48.2 Å². The first-order chi connectivity index (χ1) is 14.3. The molecule has 5 rings (SSSR count). The van der Waals surface area contributed by atoms with Crippen LogP contribution in [0.25, 0.3) is 10.9 Å². The minimum atomic E-state index is -0.565. The average Bonchev–Trinajstić information content (AvgIpc) is 3.09. The summed E-state index contributed by atoms with van der Waals surface area (Å²) in [5.74, 6) is 0.119. The fourth-order valence-electron chi connectivity index (χ4n) is 4.69. The predicted molar refractivity (Wildman–Crippen MR) is 115 cm³/mol. The number of carbonyl (C=O) groups excluding carboxylic acids is 2. The molecule has 0 radical (unpaired) electrons. The van der Waals surface area contributed by atoms with Crippen LogP contribution in [0.2, 0.25) is 0 Å². The van der Waals surface area contributed by atoms with E-state index >= 15 is 0 Å². The second-order valence-corrected chi connectivity index (χ2v) is 9.26. The molecule has 0 spiro atoms. The van der Waals surface area contributed by atoms with Gasteiger partial charge >= 0.3 is 12.1 Å². The highest BCUT2D eigenvalue weighted by Crippen LogP contribution is 2.35. The second kappa shape index (κ2) is 7.91. The highest BCUT2D eigenvalue weighted by molar-refractivity contribution is 5.91. The van der Waals surface area contributed by atoms with Gasteiger partial charge in [-0.1, -0.05) is 30.4 Å². The Labute approximate surface area is 177 Å². The maximum absolute atomic E-state index is 13.0. The van der Waals surface area contributed by atoms with Crippen LogP contribution in [0.1, 0.15) is 32.9 Å². The third-order valence-corrected chi connectivity index (χ3v) is 5.96. The minimum Gasteiger partial charge on any atom is -0.469 e. The first kappa shape index (κ1) is 20.7. The lowest BCUT2D eigenvalue weighted by atomic mass is 9.77. The lowest BCUT2D eigenvalue weighted by Gasteiger charge is -2.45. The van der Waals surface area contributed by atoms with Gasteiger partial charge in [0, 0.05) is 36.6 Å². The molecule has 0 unspecified atom stereocenters. The van der Waals surface area contributed by atoms with E-state index in [1.807, 2.05) is 45.0 Å². The van der Waals surface area contributed by atoms with E-state index in [2.05, 4.69) is 23.1 Å². The van der Waals surface area contributed by atoms with Crippen LogP contribution < -0.4 is 0 Å². The number of methoxy groups -OCH3 is 1. The molecule has 1 aliphatic carbocycles. The molecule has 2 aromatic rings. The number of hydrogen-bond donors (Lipinski definition) is 0. The number of para-hydroxylation sites is 1. The van der Waals surface area contributed by atoms with E-state index in [0.717, 1.165) is 36.1 Å².